The molecule has 2 aromatic rings. The lowest BCUT2D eigenvalue weighted by molar-refractivity contribution is 0.0954. The highest BCUT2D eigenvalue weighted by Crippen LogP contribution is 2.37. The van der Waals surface area contributed by atoms with Gasteiger partial charge in [0.1, 0.15) is 0 Å². The van der Waals surface area contributed by atoms with Gasteiger partial charge in [-0.05, 0) is 18.4 Å². The Bertz CT molecular complexity index is 634. The van der Waals surface area contributed by atoms with E-state index in [-0.39, 0.29) is 11.9 Å². The van der Waals surface area contributed by atoms with Crippen LogP contribution in [0.5, 0.6) is 5.75 Å². The molecule has 5 heteroatoms. The summed E-state index contributed by atoms with van der Waals surface area (Å²) in [6.07, 6.45) is 1.85. The van der Waals surface area contributed by atoms with Gasteiger partial charge >= 0.3 is 0 Å². The van der Waals surface area contributed by atoms with Crippen molar-refractivity contribution < 1.29 is 9.53 Å². The third-order valence-corrected chi connectivity index (χ3v) is 3.74. The van der Waals surface area contributed by atoms with Gasteiger partial charge in [0, 0.05) is 7.05 Å². The van der Waals surface area contributed by atoms with E-state index in [9.17, 15) is 4.79 Å². The SMILES string of the molecule is CNC(=O)c1nn2c(c1OC)CCC2c1ccccc1. The Morgan fingerprint density at radius 1 is 1.40 bits per heavy atom. The van der Waals surface area contributed by atoms with Crippen LogP contribution in [0.15, 0.2) is 30.3 Å². The summed E-state index contributed by atoms with van der Waals surface area (Å²) in [4.78, 5) is 11.9. The second-order valence-corrected chi connectivity index (χ2v) is 4.82. The lowest BCUT2D eigenvalue weighted by atomic mass is 10.1. The molecule has 1 aromatic carbocycles. The number of carbonyl (C=O) groups excluding carboxylic acids is 1. The number of ether oxygens (including phenoxy) is 1. The van der Waals surface area contributed by atoms with E-state index in [2.05, 4.69) is 22.5 Å². The van der Waals surface area contributed by atoms with E-state index in [1.165, 1.54) is 5.56 Å². The summed E-state index contributed by atoms with van der Waals surface area (Å²) in [6.45, 7) is 0. The summed E-state index contributed by atoms with van der Waals surface area (Å²) in [5, 5.41) is 7.07. The van der Waals surface area contributed by atoms with E-state index in [0.717, 1.165) is 18.5 Å². The highest BCUT2D eigenvalue weighted by atomic mass is 16.5. The van der Waals surface area contributed by atoms with E-state index in [4.69, 9.17) is 4.74 Å². The molecular weight excluding hydrogens is 254 g/mol. The van der Waals surface area contributed by atoms with Crippen LogP contribution in [0.1, 0.15) is 34.2 Å². The Balaban J connectivity index is 2.06. The van der Waals surface area contributed by atoms with Gasteiger partial charge in [0.15, 0.2) is 11.4 Å². The fraction of sp³-hybridized carbons (Fsp3) is 0.333. The van der Waals surface area contributed by atoms with Gasteiger partial charge in [-0.2, -0.15) is 5.10 Å². The molecule has 1 aromatic heterocycles. The minimum atomic E-state index is -0.212. The zero-order valence-electron chi connectivity index (χ0n) is 11.6. The smallest absolute Gasteiger partial charge is 0.275 e. The van der Waals surface area contributed by atoms with Crippen molar-refractivity contribution in [1.29, 1.82) is 0 Å². The molecule has 0 saturated carbocycles. The Kier molecular flexibility index (Phi) is 3.18. The number of rotatable bonds is 3. The number of carbonyl (C=O) groups is 1. The number of aromatic nitrogens is 2. The molecule has 0 fully saturated rings. The third kappa shape index (κ3) is 1.86. The van der Waals surface area contributed by atoms with Gasteiger partial charge in [-0.25, -0.2) is 0 Å². The molecule has 1 aliphatic rings. The van der Waals surface area contributed by atoms with Crippen LogP contribution in [0.25, 0.3) is 0 Å². The first-order valence-corrected chi connectivity index (χ1v) is 6.68. The standard InChI is InChI=1S/C15H17N3O2/c1-16-15(19)13-14(20-2)12-9-8-11(18(12)17-13)10-6-4-3-5-7-10/h3-7,11H,8-9H2,1-2H3,(H,16,19). The summed E-state index contributed by atoms with van der Waals surface area (Å²) < 4.78 is 7.32. The maximum Gasteiger partial charge on any atom is 0.275 e. The number of hydrogen-bond donors (Lipinski definition) is 1. The molecule has 5 nitrogen and oxygen atoms in total. The molecule has 3 rings (SSSR count). The maximum atomic E-state index is 11.9. The van der Waals surface area contributed by atoms with Crippen molar-refractivity contribution in [2.75, 3.05) is 14.2 Å². The minimum absolute atomic E-state index is 0.179. The summed E-state index contributed by atoms with van der Waals surface area (Å²) in [5.74, 6) is 0.387. The summed E-state index contributed by atoms with van der Waals surface area (Å²) >= 11 is 0. The fourth-order valence-electron chi connectivity index (χ4n) is 2.80. The summed E-state index contributed by atoms with van der Waals surface area (Å²) in [5.41, 5.74) is 2.57. The second-order valence-electron chi connectivity index (χ2n) is 4.82. The van der Waals surface area contributed by atoms with Gasteiger partial charge in [0.25, 0.3) is 5.91 Å². The molecule has 1 unspecified atom stereocenters. The predicted octanol–water partition coefficient (Wildman–Crippen LogP) is 1.79. The van der Waals surface area contributed by atoms with Crippen molar-refractivity contribution in [3.63, 3.8) is 0 Å². The molecule has 0 aliphatic carbocycles. The molecule has 0 spiro atoms. The van der Waals surface area contributed by atoms with E-state index in [1.54, 1.807) is 14.2 Å². The van der Waals surface area contributed by atoms with Gasteiger partial charge in [-0.1, -0.05) is 30.3 Å². The molecule has 0 bridgehead atoms. The van der Waals surface area contributed by atoms with E-state index >= 15 is 0 Å². The highest BCUT2D eigenvalue weighted by Gasteiger charge is 2.32. The first-order valence-electron chi connectivity index (χ1n) is 6.68. The average Bonchev–Trinajstić information content (AvgIpc) is 3.05. The molecule has 104 valence electrons. The van der Waals surface area contributed by atoms with Crippen LogP contribution >= 0.6 is 0 Å². The van der Waals surface area contributed by atoms with Crippen LogP contribution < -0.4 is 10.1 Å². The first-order chi connectivity index (χ1) is 9.76. The van der Waals surface area contributed by atoms with Crippen LogP contribution in [-0.2, 0) is 6.42 Å². The number of methoxy groups -OCH3 is 1. The van der Waals surface area contributed by atoms with Crippen molar-refractivity contribution in [3.8, 4) is 5.75 Å². The molecule has 1 N–H and O–H groups in total. The zero-order valence-corrected chi connectivity index (χ0v) is 11.6. The second kappa shape index (κ2) is 5.00. The van der Waals surface area contributed by atoms with E-state index in [1.807, 2.05) is 22.9 Å². The zero-order chi connectivity index (χ0) is 14.1. The Hall–Kier alpha value is -2.30. The van der Waals surface area contributed by atoms with Crippen molar-refractivity contribution in [2.45, 2.75) is 18.9 Å². The molecular formula is C15H17N3O2. The lowest BCUT2D eigenvalue weighted by Crippen LogP contribution is -2.20. The van der Waals surface area contributed by atoms with Crippen LogP contribution in [0.2, 0.25) is 0 Å². The number of amides is 1. The van der Waals surface area contributed by atoms with E-state index < -0.39 is 0 Å². The van der Waals surface area contributed by atoms with Gasteiger partial charge in [0.2, 0.25) is 0 Å². The predicted molar refractivity (Wildman–Crippen MR) is 75.1 cm³/mol. The first kappa shape index (κ1) is 12.7. The summed E-state index contributed by atoms with van der Waals surface area (Å²) in [7, 11) is 3.18. The van der Waals surface area contributed by atoms with Crippen molar-refractivity contribution in [2.24, 2.45) is 0 Å². The lowest BCUT2D eigenvalue weighted by Gasteiger charge is -2.11. The van der Waals surface area contributed by atoms with Gasteiger partial charge < -0.3 is 10.1 Å². The summed E-state index contributed by atoms with van der Waals surface area (Å²) in [6, 6.07) is 10.4. The fourth-order valence-corrected chi connectivity index (χ4v) is 2.80. The minimum Gasteiger partial charge on any atom is -0.492 e. The maximum absolute atomic E-state index is 11.9. The number of nitrogens with one attached hydrogen (secondary N) is 1. The van der Waals surface area contributed by atoms with Gasteiger partial charge in [0.05, 0.1) is 18.8 Å². The molecule has 2 heterocycles. The number of nitrogens with zero attached hydrogens (tertiary/aromatic N) is 2. The van der Waals surface area contributed by atoms with Gasteiger partial charge in [-0.3, -0.25) is 9.48 Å². The van der Waals surface area contributed by atoms with Crippen LogP contribution in [0.3, 0.4) is 0 Å². The number of fused-ring (bicyclic) bond motifs is 1. The van der Waals surface area contributed by atoms with Gasteiger partial charge in [-0.15, -0.1) is 0 Å². The molecule has 1 amide bonds. The number of benzene rings is 1. The van der Waals surface area contributed by atoms with Crippen LogP contribution in [0, 0.1) is 0 Å². The van der Waals surface area contributed by atoms with Crippen LogP contribution in [-0.4, -0.2) is 29.8 Å². The molecule has 20 heavy (non-hydrogen) atoms. The Morgan fingerprint density at radius 2 is 2.15 bits per heavy atom. The molecule has 1 aliphatic heterocycles. The third-order valence-electron chi connectivity index (χ3n) is 3.74. The van der Waals surface area contributed by atoms with Crippen molar-refractivity contribution in [1.82, 2.24) is 15.1 Å². The Morgan fingerprint density at radius 3 is 2.80 bits per heavy atom. The average molecular weight is 271 g/mol. The van der Waals surface area contributed by atoms with E-state index in [0.29, 0.717) is 11.4 Å². The van der Waals surface area contributed by atoms with Crippen LogP contribution in [0.4, 0.5) is 0 Å². The molecule has 1 atom stereocenters. The number of hydrogen-bond acceptors (Lipinski definition) is 3. The quantitative estimate of drug-likeness (QED) is 0.926. The monoisotopic (exact) mass is 271 g/mol. The largest absolute Gasteiger partial charge is 0.492 e. The van der Waals surface area contributed by atoms with Crippen molar-refractivity contribution >= 4 is 5.91 Å². The highest BCUT2D eigenvalue weighted by molar-refractivity contribution is 5.95. The normalized spacial score (nSPS) is 16.8. The Labute approximate surface area is 117 Å². The molecule has 0 saturated heterocycles. The molecule has 0 radical (unpaired) electrons. The van der Waals surface area contributed by atoms with Crippen molar-refractivity contribution in [3.05, 3.63) is 47.3 Å². The topological polar surface area (TPSA) is 56.2 Å².